The number of amides is 1. The van der Waals surface area contributed by atoms with Gasteiger partial charge in [0.2, 0.25) is 5.91 Å². The predicted molar refractivity (Wildman–Crippen MR) is 119 cm³/mol. The summed E-state index contributed by atoms with van der Waals surface area (Å²) >= 11 is 0. The number of piperidine rings is 2. The van der Waals surface area contributed by atoms with Crippen molar-refractivity contribution in [3.63, 3.8) is 0 Å². The van der Waals surface area contributed by atoms with Gasteiger partial charge in [-0.3, -0.25) is 14.5 Å². The molecule has 29 heavy (non-hydrogen) atoms. The second-order valence-corrected chi connectivity index (χ2v) is 12.1. The quantitative estimate of drug-likeness (QED) is 0.656. The molecular weight excluding hydrogens is 360 g/mol. The van der Waals surface area contributed by atoms with Gasteiger partial charge in [-0.15, -0.1) is 0 Å². The molecule has 1 amide bonds. The lowest BCUT2D eigenvalue weighted by molar-refractivity contribution is -0.140. The van der Waals surface area contributed by atoms with Gasteiger partial charge in [0.15, 0.2) is 0 Å². The van der Waals surface area contributed by atoms with E-state index in [-0.39, 0.29) is 22.8 Å². The van der Waals surface area contributed by atoms with Crippen molar-refractivity contribution in [2.24, 2.45) is 22.7 Å². The molecule has 0 aromatic carbocycles. The maximum atomic E-state index is 13.1. The van der Waals surface area contributed by atoms with Crippen molar-refractivity contribution < 1.29 is 9.59 Å². The average Bonchev–Trinajstić information content (AvgIpc) is 2.67. The Bertz CT molecular complexity index is 587. The highest BCUT2D eigenvalue weighted by Crippen LogP contribution is 2.47. The number of likely N-dealkylation sites (tertiary alicyclic amines) is 2. The van der Waals surface area contributed by atoms with Crippen LogP contribution in [0.1, 0.15) is 92.9 Å². The largest absolute Gasteiger partial charge is 0.342 e. The van der Waals surface area contributed by atoms with E-state index in [2.05, 4.69) is 51.3 Å². The molecule has 166 valence electrons. The summed E-state index contributed by atoms with van der Waals surface area (Å²) in [6.07, 6.45) is 8.73. The molecule has 4 nitrogen and oxygen atoms in total. The number of carbonyl (C=O) groups excluding carboxylic acids is 2. The van der Waals surface area contributed by atoms with Gasteiger partial charge < -0.3 is 4.90 Å². The zero-order chi connectivity index (χ0) is 21.4. The first kappa shape index (κ1) is 22.8. The molecule has 0 unspecified atom stereocenters. The van der Waals surface area contributed by atoms with Crippen LogP contribution in [-0.2, 0) is 9.59 Å². The SMILES string of the molecule is CC(C)(C)C(=O)C1CCC2(CC1)CCN(C(=O)C1CCN(C(C)(C)C)CC1)CC2. The van der Waals surface area contributed by atoms with Crippen LogP contribution in [0.3, 0.4) is 0 Å². The highest BCUT2D eigenvalue weighted by molar-refractivity contribution is 5.86. The van der Waals surface area contributed by atoms with Crippen molar-refractivity contribution >= 4 is 11.7 Å². The molecule has 0 aromatic heterocycles. The fourth-order valence-electron chi connectivity index (χ4n) is 5.86. The van der Waals surface area contributed by atoms with Gasteiger partial charge in [0.25, 0.3) is 0 Å². The lowest BCUT2D eigenvalue weighted by Gasteiger charge is -2.47. The smallest absolute Gasteiger partial charge is 0.225 e. The van der Waals surface area contributed by atoms with Crippen molar-refractivity contribution in [2.75, 3.05) is 26.2 Å². The number of hydrogen-bond donors (Lipinski definition) is 0. The van der Waals surface area contributed by atoms with Gasteiger partial charge in [-0.2, -0.15) is 0 Å². The van der Waals surface area contributed by atoms with Gasteiger partial charge in [0.1, 0.15) is 5.78 Å². The summed E-state index contributed by atoms with van der Waals surface area (Å²) in [5, 5.41) is 0. The molecule has 3 aliphatic rings. The zero-order valence-electron chi connectivity index (χ0n) is 19.9. The Morgan fingerprint density at radius 3 is 1.69 bits per heavy atom. The van der Waals surface area contributed by atoms with Crippen molar-refractivity contribution in [3.8, 4) is 0 Å². The first-order valence-electron chi connectivity index (χ1n) is 12.0. The van der Waals surface area contributed by atoms with Gasteiger partial charge in [0.05, 0.1) is 0 Å². The van der Waals surface area contributed by atoms with Crippen LogP contribution in [0.2, 0.25) is 0 Å². The number of rotatable bonds is 2. The predicted octanol–water partition coefficient (Wildman–Crippen LogP) is 4.91. The topological polar surface area (TPSA) is 40.6 Å². The molecule has 0 atom stereocenters. The van der Waals surface area contributed by atoms with Crippen LogP contribution in [0, 0.1) is 22.7 Å². The van der Waals surface area contributed by atoms with E-state index in [1.165, 1.54) is 12.8 Å². The molecule has 4 heteroatoms. The van der Waals surface area contributed by atoms with Crippen LogP contribution in [0.15, 0.2) is 0 Å². The van der Waals surface area contributed by atoms with E-state index in [1.54, 1.807) is 0 Å². The minimum atomic E-state index is -0.215. The Morgan fingerprint density at radius 1 is 0.724 bits per heavy atom. The zero-order valence-corrected chi connectivity index (χ0v) is 19.9. The van der Waals surface area contributed by atoms with Crippen LogP contribution in [0.4, 0.5) is 0 Å². The standard InChI is InChI=1S/C25H44N2O2/c1-23(2,3)21(28)19-7-11-25(12-8-19)13-17-26(18-14-25)22(29)20-9-15-27(16-10-20)24(4,5)6/h19-20H,7-18H2,1-6H3. The summed E-state index contributed by atoms with van der Waals surface area (Å²) < 4.78 is 0. The molecule has 2 aliphatic heterocycles. The Hall–Kier alpha value is -0.900. The van der Waals surface area contributed by atoms with Crippen LogP contribution in [0.5, 0.6) is 0 Å². The van der Waals surface area contributed by atoms with Crippen LogP contribution >= 0.6 is 0 Å². The maximum absolute atomic E-state index is 13.1. The fourth-order valence-corrected chi connectivity index (χ4v) is 5.86. The van der Waals surface area contributed by atoms with Gasteiger partial charge in [-0.05, 0) is 90.6 Å². The molecule has 1 spiro atoms. The first-order chi connectivity index (χ1) is 13.4. The lowest BCUT2D eigenvalue weighted by Crippen LogP contribution is -2.51. The molecule has 0 aromatic rings. The number of Topliss-reactive ketones (excluding diaryl/α,β-unsaturated/α-hetero) is 1. The van der Waals surface area contributed by atoms with Crippen molar-refractivity contribution in [2.45, 2.75) is 98.4 Å². The summed E-state index contributed by atoms with van der Waals surface area (Å²) in [6.45, 7) is 16.9. The van der Waals surface area contributed by atoms with E-state index in [0.29, 0.717) is 17.1 Å². The minimum Gasteiger partial charge on any atom is -0.342 e. The summed E-state index contributed by atoms with van der Waals surface area (Å²) in [5.41, 5.74) is 0.382. The van der Waals surface area contributed by atoms with Gasteiger partial charge >= 0.3 is 0 Å². The molecule has 0 bridgehead atoms. The van der Waals surface area contributed by atoms with E-state index in [1.807, 2.05) is 0 Å². The van der Waals surface area contributed by atoms with Gasteiger partial charge in [-0.25, -0.2) is 0 Å². The van der Waals surface area contributed by atoms with E-state index >= 15 is 0 Å². The number of nitrogens with zero attached hydrogens (tertiary/aromatic N) is 2. The van der Waals surface area contributed by atoms with E-state index in [4.69, 9.17) is 0 Å². The highest BCUT2D eigenvalue weighted by atomic mass is 16.2. The lowest BCUT2D eigenvalue weighted by atomic mass is 9.63. The molecule has 2 saturated heterocycles. The molecular formula is C25H44N2O2. The van der Waals surface area contributed by atoms with Crippen molar-refractivity contribution in [1.82, 2.24) is 9.80 Å². The van der Waals surface area contributed by atoms with Gasteiger partial charge in [-0.1, -0.05) is 20.8 Å². The van der Waals surface area contributed by atoms with E-state index < -0.39 is 0 Å². The fraction of sp³-hybridized carbons (Fsp3) is 0.920. The van der Waals surface area contributed by atoms with Crippen molar-refractivity contribution in [3.05, 3.63) is 0 Å². The first-order valence-corrected chi connectivity index (χ1v) is 12.0. The van der Waals surface area contributed by atoms with E-state index in [0.717, 1.165) is 64.7 Å². The minimum absolute atomic E-state index is 0.207. The summed E-state index contributed by atoms with van der Waals surface area (Å²) in [4.78, 5) is 30.4. The molecule has 3 fully saturated rings. The number of hydrogen-bond acceptors (Lipinski definition) is 3. The third kappa shape index (κ3) is 5.24. The Balaban J connectivity index is 1.46. The Labute approximate surface area is 178 Å². The second-order valence-electron chi connectivity index (χ2n) is 12.1. The third-order valence-electron chi connectivity index (χ3n) is 8.08. The molecule has 0 N–H and O–H groups in total. The Kier molecular flexibility index (Phi) is 6.54. The average molecular weight is 405 g/mol. The number of ketones is 1. The maximum Gasteiger partial charge on any atom is 0.225 e. The molecule has 3 rings (SSSR count). The summed E-state index contributed by atoms with van der Waals surface area (Å²) in [5.74, 6) is 1.34. The summed E-state index contributed by atoms with van der Waals surface area (Å²) in [7, 11) is 0. The number of carbonyl (C=O) groups is 2. The third-order valence-corrected chi connectivity index (χ3v) is 8.08. The summed E-state index contributed by atoms with van der Waals surface area (Å²) in [6, 6.07) is 0. The molecule has 2 heterocycles. The van der Waals surface area contributed by atoms with Gasteiger partial charge in [0, 0.05) is 35.9 Å². The molecule has 1 saturated carbocycles. The second kappa shape index (κ2) is 8.32. The molecule has 1 aliphatic carbocycles. The highest BCUT2D eigenvalue weighted by Gasteiger charge is 2.43. The monoisotopic (exact) mass is 404 g/mol. The van der Waals surface area contributed by atoms with Crippen LogP contribution in [0.25, 0.3) is 0 Å². The van der Waals surface area contributed by atoms with Crippen LogP contribution < -0.4 is 0 Å². The van der Waals surface area contributed by atoms with E-state index in [9.17, 15) is 9.59 Å². The Morgan fingerprint density at radius 2 is 1.24 bits per heavy atom. The van der Waals surface area contributed by atoms with Crippen molar-refractivity contribution in [1.29, 1.82) is 0 Å². The van der Waals surface area contributed by atoms with Crippen LogP contribution in [-0.4, -0.2) is 53.2 Å². The normalized spacial score (nSPS) is 25.4. The molecule has 0 radical (unpaired) electrons.